The molecule has 0 aliphatic carbocycles. The molecule has 0 heterocycles. The molecule has 0 aromatic carbocycles. The number of aliphatic carboxylic acids is 2. The van der Waals surface area contributed by atoms with E-state index >= 15 is 0 Å². The van der Waals surface area contributed by atoms with Gasteiger partial charge in [-0.25, -0.2) is 0 Å². The molecule has 15 heavy (non-hydrogen) atoms. The van der Waals surface area contributed by atoms with E-state index in [0.29, 0.717) is 0 Å². The number of carbonyl (C=O) groups is 2. The first-order valence-corrected chi connectivity index (χ1v) is 3.86. The van der Waals surface area contributed by atoms with Gasteiger partial charge >= 0.3 is 20.4 Å². The first-order valence-electron chi connectivity index (χ1n) is 3.86. The van der Waals surface area contributed by atoms with Gasteiger partial charge in [-0.05, 0) is 27.7 Å². The fraction of sp³-hybridized carbons (Fsp3) is 0.750. The van der Waals surface area contributed by atoms with Gasteiger partial charge in [-0.15, -0.1) is 0 Å². The van der Waals surface area contributed by atoms with Crippen LogP contribution in [0.5, 0.6) is 0 Å². The van der Waals surface area contributed by atoms with Crippen LogP contribution in [0, 0.1) is 0 Å². The molecular weight excluding hydrogens is 299 g/mol. The topological polar surface area (TPSA) is 121 Å². The molecule has 0 bridgehead atoms. The predicted molar refractivity (Wildman–Crippen MR) is 46.9 cm³/mol. The Balaban J connectivity index is -0.0000000293. The Kier molecular flexibility index (Phi) is 73.2. The van der Waals surface area contributed by atoms with Crippen molar-refractivity contribution in [3.63, 3.8) is 0 Å². The van der Waals surface area contributed by atoms with Crippen molar-refractivity contribution < 1.29 is 50.4 Å². The molecule has 96 valence electrons. The Bertz CT molecular complexity index is 95.7. The molecule has 0 atom stereocenters. The predicted octanol–water partition coefficient (Wildman–Crippen LogP) is -2.49. The van der Waals surface area contributed by atoms with Crippen LogP contribution in [0.2, 0.25) is 0 Å². The first kappa shape index (κ1) is 29.3. The molecule has 6 nitrogen and oxygen atoms in total. The second-order valence-corrected chi connectivity index (χ2v) is 1.62. The Morgan fingerprint density at radius 3 is 0.933 bits per heavy atom. The molecule has 0 rings (SSSR count). The minimum atomic E-state index is -1.08. The summed E-state index contributed by atoms with van der Waals surface area (Å²) in [6, 6.07) is 0. The summed E-state index contributed by atoms with van der Waals surface area (Å²) in [5.74, 6) is -2.17. The molecule has 2 N–H and O–H groups in total. The summed E-state index contributed by atoms with van der Waals surface area (Å²) >= 11 is 0. The van der Waals surface area contributed by atoms with Crippen molar-refractivity contribution >= 4 is 11.9 Å². The third kappa shape index (κ3) is 7870. The summed E-state index contributed by atoms with van der Waals surface area (Å²) < 4.78 is 0. The minimum Gasteiger partial charge on any atom is -0.550 e. The fourth-order valence-corrected chi connectivity index (χ4v) is 0. The van der Waals surface area contributed by atoms with Gasteiger partial charge in [0.05, 0.1) is 0 Å². The van der Waals surface area contributed by atoms with Crippen LogP contribution in [-0.4, -0.2) is 35.4 Å². The molecule has 0 aliphatic heterocycles. The molecule has 0 saturated heterocycles. The number of hydrogen-bond acceptors (Lipinski definition) is 6. The van der Waals surface area contributed by atoms with Crippen molar-refractivity contribution in [3.8, 4) is 0 Å². The van der Waals surface area contributed by atoms with Gasteiger partial charge in [0.15, 0.2) is 0 Å². The average molecular weight is 317 g/mol. The maximum Gasteiger partial charge on any atom is 2.00 e. The van der Waals surface area contributed by atoms with Crippen LogP contribution in [0.15, 0.2) is 0 Å². The van der Waals surface area contributed by atoms with E-state index in [-0.39, 0.29) is 33.6 Å². The third-order valence-electron chi connectivity index (χ3n) is 0. The Morgan fingerprint density at radius 2 is 0.933 bits per heavy atom. The van der Waals surface area contributed by atoms with Gasteiger partial charge in [0, 0.05) is 25.2 Å². The molecule has 0 radical (unpaired) electrons. The van der Waals surface area contributed by atoms with Gasteiger partial charge in [0.25, 0.3) is 0 Å². The van der Waals surface area contributed by atoms with Gasteiger partial charge in [0.2, 0.25) is 0 Å². The third-order valence-corrected chi connectivity index (χ3v) is 0. The number of rotatable bonds is 0. The van der Waals surface area contributed by atoms with Crippen LogP contribution in [0.1, 0.15) is 27.7 Å². The van der Waals surface area contributed by atoms with Gasteiger partial charge in [0.1, 0.15) is 0 Å². The molecule has 0 amide bonds. The quantitative estimate of drug-likeness (QED) is 0.477. The smallest absolute Gasteiger partial charge is 0.550 e. The molecule has 0 aromatic heterocycles. The summed E-state index contributed by atoms with van der Waals surface area (Å²) in [4.78, 5) is 17.8. The second-order valence-electron chi connectivity index (χ2n) is 1.62. The SMILES string of the molecule is CC(=O)[O-].CC(=O)[O-].CCO.CCO.[Pd+2]. The van der Waals surface area contributed by atoms with E-state index in [2.05, 4.69) is 0 Å². The van der Waals surface area contributed by atoms with Gasteiger partial charge in [-0.2, -0.15) is 0 Å². The van der Waals surface area contributed by atoms with E-state index in [9.17, 15) is 0 Å². The average Bonchev–Trinajstić information content (AvgIpc) is 1.85. The molecule has 0 aromatic rings. The molecule has 0 saturated carbocycles. The van der Waals surface area contributed by atoms with Crippen molar-refractivity contribution in [2.24, 2.45) is 0 Å². The monoisotopic (exact) mass is 316 g/mol. The van der Waals surface area contributed by atoms with Crippen LogP contribution in [0.3, 0.4) is 0 Å². The normalized spacial score (nSPS) is 5.73. The van der Waals surface area contributed by atoms with Crippen molar-refractivity contribution in [2.45, 2.75) is 27.7 Å². The molecular formula is C8H18O6Pd. The van der Waals surface area contributed by atoms with E-state index in [4.69, 9.17) is 30.0 Å². The van der Waals surface area contributed by atoms with E-state index in [1.54, 1.807) is 13.8 Å². The van der Waals surface area contributed by atoms with Crippen molar-refractivity contribution in [1.29, 1.82) is 0 Å². The standard InChI is InChI=1S/2C2H4O2.2C2H6O.Pd/c2*1-2(3)4;2*1-2-3;/h2*1H3,(H,3,4);2*3H,2H2,1H3;/q;;;;+2/p-2. The second kappa shape index (κ2) is 37.5. The van der Waals surface area contributed by atoms with Crippen LogP contribution < -0.4 is 10.2 Å². The molecule has 0 spiro atoms. The van der Waals surface area contributed by atoms with Crippen LogP contribution >= 0.6 is 0 Å². The minimum absolute atomic E-state index is 0. The zero-order chi connectivity index (χ0) is 12.6. The maximum absolute atomic E-state index is 8.89. The van der Waals surface area contributed by atoms with E-state index < -0.39 is 11.9 Å². The van der Waals surface area contributed by atoms with Crippen LogP contribution in [0.4, 0.5) is 0 Å². The van der Waals surface area contributed by atoms with Gasteiger partial charge < -0.3 is 30.0 Å². The molecule has 0 aliphatic rings. The largest absolute Gasteiger partial charge is 2.00 e. The summed E-state index contributed by atoms with van der Waals surface area (Å²) in [6.45, 7) is 5.81. The van der Waals surface area contributed by atoms with Crippen molar-refractivity contribution in [2.75, 3.05) is 13.2 Å². The van der Waals surface area contributed by atoms with Crippen LogP contribution in [0.25, 0.3) is 0 Å². The first-order chi connectivity index (χ1) is 6.29. The summed E-state index contributed by atoms with van der Waals surface area (Å²) in [6.07, 6.45) is 0. The van der Waals surface area contributed by atoms with E-state index in [1.807, 2.05) is 0 Å². The van der Waals surface area contributed by atoms with Gasteiger partial charge in [-0.1, -0.05) is 0 Å². The Labute approximate surface area is 104 Å². The molecule has 0 unspecified atom stereocenters. The summed E-state index contributed by atoms with van der Waals surface area (Å²) in [5, 5.41) is 32.9. The van der Waals surface area contributed by atoms with Crippen LogP contribution in [-0.2, 0) is 30.0 Å². The number of carbonyl (C=O) groups excluding carboxylic acids is 2. The summed E-state index contributed by atoms with van der Waals surface area (Å²) in [5.41, 5.74) is 0. The summed E-state index contributed by atoms with van der Waals surface area (Å²) in [7, 11) is 0. The van der Waals surface area contributed by atoms with E-state index in [0.717, 1.165) is 13.8 Å². The number of hydrogen-bond donors (Lipinski definition) is 2. The van der Waals surface area contributed by atoms with E-state index in [1.165, 1.54) is 0 Å². The Hall–Kier alpha value is -0.478. The van der Waals surface area contributed by atoms with Crippen molar-refractivity contribution in [1.82, 2.24) is 0 Å². The maximum atomic E-state index is 8.89. The number of carboxylic acids is 2. The number of aliphatic hydroxyl groups excluding tert-OH is 2. The zero-order valence-electron chi connectivity index (χ0n) is 9.26. The number of aliphatic hydroxyl groups is 2. The fourth-order valence-electron chi connectivity index (χ4n) is 0. The van der Waals surface area contributed by atoms with Crippen molar-refractivity contribution in [3.05, 3.63) is 0 Å². The Morgan fingerprint density at radius 1 is 0.933 bits per heavy atom. The van der Waals surface area contributed by atoms with Gasteiger partial charge in [-0.3, -0.25) is 0 Å². The molecule has 7 heteroatoms. The number of carboxylic acid groups (broad SMARTS) is 2. The zero-order valence-corrected chi connectivity index (χ0v) is 10.8. The molecule has 0 fully saturated rings.